The maximum absolute atomic E-state index is 6.04. The molecule has 2 aromatic rings. The maximum atomic E-state index is 6.04. The van der Waals surface area contributed by atoms with E-state index in [2.05, 4.69) is 10.2 Å². The molecule has 0 spiro atoms. The lowest BCUT2D eigenvalue weighted by Crippen LogP contribution is -1.76. The van der Waals surface area contributed by atoms with Crippen LogP contribution in [-0.4, -0.2) is 10.2 Å². The maximum Gasteiger partial charge on any atom is 0.240 e. The minimum atomic E-state index is 0.491. The lowest BCUT2D eigenvalue weighted by Gasteiger charge is -1.94. The van der Waals surface area contributed by atoms with Crippen molar-refractivity contribution in [2.45, 2.75) is 18.8 Å². The molecule has 1 saturated carbocycles. The Morgan fingerprint density at radius 1 is 1.18 bits per heavy atom. The van der Waals surface area contributed by atoms with Gasteiger partial charge in [0, 0.05) is 17.0 Å². The Morgan fingerprint density at radius 2 is 2.00 bits per heavy atom. The van der Waals surface area contributed by atoms with Gasteiger partial charge in [0.25, 0.3) is 0 Å². The molecule has 0 atom stereocenters. The highest BCUT2D eigenvalue weighted by Gasteiger charge is 2.28. The van der Waals surface area contributed by atoms with E-state index < -0.39 is 0 Å². The molecule has 1 aliphatic rings. The summed E-state index contributed by atoms with van der Waals surface area (Å²) in [7, 11) is 0. The Kier molecular flexibility index (Phi) is 2.69. The Hall–Kier alpha value is -1.61. The zero-order valence-electron chi connectivity index (χ0n) is 9.14. The van der Waals surface area contributed by atoms with Gasteiger partial charge in [0.1, 0.15) is 0 Å². The van der Waals surface area contributed by atoms with Crippen molar-refractivity contribution >= 4 is 23.8 Å². The molecule has 1 heterocycles. The number of hydrogen-bond donors (Lipinski definition) is 0. The van der Waals surface area contributed by atoms with E-state index in [4.69, 9.17) is 16.0 Å². The topological polar surface area (TPSA) is 38.9 Å². The first-order valence-electron chi connectivity index (χ1n) is 5.59. The molecule has 1 aromatic heterocycles. The second kappa shape index (κ2) is 4.34. The molecule has 3 nitrogen and oxygen atoms in total. The van der Waals surface area contributed by atoms with E-state index in [1.807, 2.05) is 30.3 Å². The molecule has 1 fully saturated rings. The quantitative estimate of drug-likeness (QED) is 0.828. The molecule has 0 bridgehead atoms. The van der Waals surface area contributed by atoms with Crippen LogP contribution in [0.5, 0.6) is 0 Å². The molecule has 0 unspecified atom stereocenters. The fourth-order valence-corrected chi connectivity index (χ4v) is 1.78. The Morgan fingerprint density at radius 3 is 2.76 bits per heavy atom. The van der Waals surface area contributed by atoms with Crippen LogP contribution >= 0.6 is 11.6 Å². The van der Waals surface area contributed by atoms with Crippen LogP contribution in [0.15, 0.2) is 28.7 Å². The average molecular weight is 247 g/mol. The van der Waals surface area contributed by atoms with E-state index in [0.29, 0.717) is 16.8 Å². The van der Waals surface area contributed by atoms with E-state index in [1.54, 1.807) is 6.08 Å². The van der Waals surface area contributed by atoms with E-state index in [1.165, 1.54) is 0 Å². The standard InChI is InChI=1S/C13H11ClN2O/c14-11-4-2-1-3-9(11)7-8-12-15-16-13(17-12)10-5-6-10/h1-4,7-8,10H,5-6H2/b8-7+. The summed E-state index contributed by atoms with van der Waals surface area (Å²) in [5.74, 6) is 1.78. The van der Waals surface area contributed by atoms with E-state index >= 15 is 0 Å². The van der Waals surface area contributed by atoms with Gasteiger partial charge in [-0.2, -0.15) is 0 Å². The predicted molar refractivity (Wildman–Crippen MR) is 66.7 cm³/mol. The lowest BCUT2D eigenvalue weighted by atomic mass is 10.2. The summed E-state index contributed by atoms with van der Waals surface area (Å²) in [6, 6.07) is 7.63. The zero-order valence-corrected chi connectivity index (χ0v) is 9.89. The van der Waals surface area contributed by atoms with Crippen molar-refractivity contribution in [2.75, 3.05) is 0 Å². The van der Waals surface area contributed by atoms with Gasteiger partial charge in [0.15, 0.2) is 0 Å². The van der Waals surface area contributed by atoms with Crippen molar-refractivity contribution in [3.05, 3.63) is 46.6 Å². The van der Waals surface area contributed by atoms with Crippen molar-refractivity contribution in [3.63, 3.8) is 0 Å². The molecule has 1 aliphatic carbocycles. The molecule has 3 rings (SSSR count). The second-order valence-electron chi connectivity index (χ2n) is 4.11. The molecular weight excluding hydrogens is 236 g/mol. The van der Waals surface area contributed by atoms with Crippen molar-refractivity contribution < 1.29 is 4.42 Å². The van der Waals surface area contributed by atoms with Crippen LogP contribution in [0.25, 0.3) is 12.2 Å². The summed E-state index contributed by atoms with van der Waals surface area (Å²) in [5.41, 5.74) is 0.945. The number of benzene rings is 1. The molecule has 1 aromatic carbocycles. The largest absolute Gasteiger partial charge is 0.421 e. The van der Waals surface area contributed by atoms with E-state index in [-0.39, 0.29) is 0 Å². The summed E-state index contributed by atoms with van der Waals surface area (Å²) in [4.78, 5) is 0. The number of rotatable bonds is 3. The molecular formula is C13H11ClN2O. The Balaban J connectivity index is 1.79. The lowest BCUT2D eigenvalue weighted by molar-refractivity contribution is 0.488. The van der Waals surface area contributed by atoms with Crippen molar-refractivity contribution in [1.29, 1.82) is 0 Å². The van der Waals surface area contributed by atoms with Gasteiger partial charge >= 0.3 is 0 Å². The third-order valence-electron chi connectivity index (χ3n) is 2.69. The van der Waals surface area contributed by atoms with Crippen LogP contribution in [0.1, 0.15) is 36.1 Å². The monoisotopic (exact) mass is 246 g/mol. The molecule has 86 valence electrons. The summed E-state index contributed by atoms with van der Waals surface area (Å²) < 4.78 is 5.52. The minimum Gasteiger partial charge on any atom is -0.421 e. The van der Waals surface area contributed by atoms with Crippen LogP contribution in [0, 0.1) is 0 Å². The van der Waals surface area contributed by atoms with E-state index in [0.717, 1.165) is 24.3 Å². The van der Waals surface area contributed by atoms with Crippen LogP contribution in [0.4, 0.5) is 0 Å². The molecule has 0 amide bonds. The molecule has 0 N–H and O–H groups in total. The SMILES string of the molecule is Clc1ccccc1/C=C/c1nnc(C2CC2)o1. The highest BCUT2D eigenvalue weighted by Crippen LogP contribution is 2.39. The number of nitrogens with zero attached hydrogens (tertiary/aromatic N) is 2. The van der Waals surface area contributed by atoms with Gasteiger partial charge in [-0.15, -0.1) is 10.2 Å². The average Bonchev–Trinajstić information content (AvgIpc) is 3.08. The highest BCUT2D eigenvalue weighted by atomic mass is 35.5. The smallest absolute Gasteiger partial charge is 0.240 e. The van der Waals surface area contributed by atoms with Gasteiger partial charge in [0.05, 0.1) is 0 Å². The normalized spacial score (nSPS) is 15.6. The fraction of sp³-hybridized carbons (Fsp3) is 0.231. The predicted octanol–water partition coefficient (Wildman–Crippen LogP) is 3.77. The third-order valence-corrected chi connectivity index (χ3v) is 3.04. The molecule has 4 heteroatoms. The van der Waals surface area contributed by atoms with Gasteiger partial charge in [-0.05, 0) is 30.5 Å². The van der Waals surface area contributed by atoms with Crippen molar-refractivity contribution in [1.82, 2.24) is 10.2 Å². The number of halogens is 1. The van der Waals surface area contributed by atoms with E-state index in [9.17, 15) is 0 Å². The minimum absolute atomic E-state index is 0.491. The van der Waals surface area contributed by atoms with Gasteiger partial charge in [0.2, 0.25) is 11.8 Å². The summed E-state index contributed by atoms with van der Waals surface area (Å²) >= 11 is 6.04. The zero-order chi connectivity index (χ0) is 11.7. The van der Waals surface area contributed by atoms with Crippen LogP contribution in [-0.2, 0) is 0 Å². The summed E-state index contributed by atoms with van der Waals surface area (Å²) in [5, 5.41) is 8.70. The second-order valence-corrected chi connectivity index (χ2v) is 4.51. The molecule has 17 heavy (non-hydrogen) atoms. The Labute approximate surface area is 104 Å². The van der Waals surface area contributed by atoms with Crippen LogP contribution < -0.4 is 0 Å². The van der Waals surface area contributed by atoms with Crippen LogP contribution in [0.2, 0.25) is 5.02 Å². The summed E-state index contributed by atoms with van der Waals surface area (Å²) in [6.07, 6.45) is 6.00. The molecule has 0 aliphatic heterocycles. The molecule has 0 radical (unpaired) electrons. The first-order valence-corrected chi connectivity index (χ1v) is 5.97. The van der Waals surface area contributed by atoms with Crippen molar-refractivity contribution in [3.8, 4) is 0 Å². The molecule has 0 saturated heterocycles. The summed E-state index contributed by atoms with van der Waals surface area (Å²) in [6.45, 7) is 0. The van der Waals surface area contributed by atoms with Crippen LogP contribution in [0.3, 0.4) is 0 Å². The highest BCUT2D eigenvalue weighted by molar-refractivity contribution is 6.32. The fourth-order valence-electron chi connectivity index (χ4n) is 1.58. The third kappa shape index (κ3) is 2.39. The first kappa shape index (κ1) is 10.5. The van der Waals surface area contributed by atoms with Gasteiger partial charge < -0.3 is 4.42 Å². The first-order chi connectivity index (χ1) is 8.33. The van der Waals surface area contributed by atoms with Gasteiger partial charge in [-0.25, -0.2) is 0 Å². The Bertz CT molecular complexity index is 558. The van der Waals surface area contributed by atoms with Crippen molar-refractivity contribution in [2.24, 2.45) is 0 Å². The van der Waals surface area contributed by atoms with Gasteiger partial charge in [-0.1, -0.05) is 29.8 Å². The number of hydrogen-bond acceptors (Lipinski definition) is 3. The number of aromatic nitrogens is 2. The van der Waals surface area contributed by atoms with Gasteiger partial charge in [-0.3, -0.25) is 0 Å².